The molecular formula is C15H22N2O2. The molecule has 0 radical (unpaired) electrons. The molecule has 1 saturated heterocycles. The summed E-state index contributed by atoms with van der Waals surface area (Å²) in [6, 6.07) is 5.17. The number of aryl methyl sites for hydroxylation is 1. The van der Waals surface area contributed by atoms with Crippen molar-refractivity contribution >= 4 is 5.91 Å². The highest BCUT2D eigenvalue weighted by Gasteiger charge is 2.25. The zero-order valence-corrected chi connectivity index (χ0v) is 11.7. The van der Waals surface area contributed by atoms with Crippen LogP contribution in [0.5, 0.6) is 5.75 Å². The van der Waals surface area contributed by atoms with Crippen LogP contribution in [0.2, 0.25) is 0 Å². The molecule has 1 amide bonds. The predicted molar refractivity (Wildman–Crippen MR) is 75.1 cm³/mol. The smallest absolute Gasteiger partial charge is 0.244 e. The molecule has 4 heteroatoms. The molecule has 2 N–H and O–H groups in total. The Morgan fingerprint density at radius 1 is 1.42 bits per heavy atom. The Hall–Kier alpha value is -1.55. The second kappa shape index (κ2) is 6.06. The molecule has 0 saturated carbocycles. The molecule has 1 aliphatic rings. The van der Waals surface area contributed by atoms with Crippen molar-refractivity contribution in [3.8, 4) is 5.75 Å². The lowest BCUT2D eigenvalue weighted by molar-refractivity contribution is -0.131. The van der Waals surface area contributed by atoms with Crippen molar-refractivity contribution in [2.45, 2.75) is 32.7 Å². The molecule has 1 heterocycles. The summed E-state index contributed by atoms with van der Waals surface area (Å²) in [5.41, 5.74) is 7.96. The fourth-order valence-corrected chi connectivity index (χ4v) is 2.46. The van der Waals surface area contributed by atoms with Crippen LogP contribution in [-0.2, 0) is 4.79 Å². The van der Waals surface area contributed by atoms with E-state index in [1.807, 2.05) is 36.9 Å². The second-order valence-corrected chi connectivity index (χ2v) is 4.97. The summed E-state index contributed by atoms with van der Waals surface area (Å²) in [5, 5.41) is 0. The first-order valence-corrected chi connectivity index (χ1v) is 6.91. The van der Waals surface area contributed by atoms with E-state index in [1.165, 1.54) is 0 Å². The Labute approximate surface area is 114 Å². The number of carbonyl (C=O) groups excluding carboxylic acids is 1. The average Bonchev–Trinajstić information content (AvgIpc) is 2.93. The van der Waals surface area contributed by atoms with Crippen molar-refractivity contribution in [3.63, 3.8) is 0 Å². The van der Waals surface area contributed by atoms with E-state index in [4.69, 9.17) is 10.5 Å². The molecule has 1 unspecified atom stereocenters. The lowest BCUT2D eigenvalue weighted by Crippen LogP contribution is -2.36. The summed E-state index contributed by atoms with van der Waals surface area (Å²) in [4.78, 5) is 14.1. The van der Waals surface area contributed by atoms with Gasteiger partial charge >= 0.3 is 0 Å². The summed E-state index contributed by atoms with van der Waals surface area (Å²) in [6.07, 6.45) is 2.17. The topological polar surface area (TPSA) is 55.6 Å². The molecule has 1 aromatic rings. The van der Waals surface area contributed by atoms with Crippen molar-refractivity contribution < 1.29 is 9.53 Å². The molecule has 1 atom stereocenters. The van der Waals surface area contributed by atoms with Crippen LogP contribution in [0.25, 0.3) is 0 Å². The van der Waals surface area contributed by atoms with Crippen molar-refractivity contribution in [1.29, 1.82) is 0 Å². The molecule has 0 aromatic heterocycles. The fraction of sp³-hybridized carbons (Fsp3) is 0.533. The van der Waals surface area contributed by atoms with Crippen molar-refractivity contribution in [3.05, 3.63) is 29.3 Å². The molecule has 4 nitrogen and oxygen atoms in total. The number of ether oxygens (including phenoxy) is 1. The molecular weight excluding hydrogens is 240 g/mol. The average molecular weight is 262 g/mol. The van der Waals surface area contributed by atoms with E-state index in [0.29, 0.717) is 6.61 Å². The number of hydrogen-bond donors (Lipinski definition) is 1. The zero-order chi connectivity index (χ0) is 13.8. The summed E-state index contributed by atoms with van der Waals surface area (Å²) in [5.74, 6) is 0.883. The van der Waals surface area contributed by atoms with Crippen LogP contribution >= 0.6 is 0 Å². The third kappa shape index (κ3) is 3.07. The van der Waals surface area contributed by atoms with Gasteiger partial charge in [-0.15, -0.1) is 0 Å². The van der Waals surface area contributed by atoms with Gasteiger partial charge in [0, 0.05) is 13.1 Å². The highest BCUT2D eigenvalue weighted by molar-refractivity contribution is 5.83. The van der Waals surface area contributed by atoms with Gasteiger partial charge in [-0.3, -0.25) is 4.79 Å². The summed E-state index contributed by atoms with van der Waals surface area (Å²) in [6.45, 7) is 6.24. The van der Waals surface area contributed by atoms with Gasteiger partial charge < -0.3 is 15.4 Å². The maximum atomic E-state index is 12.2. The van der Waals surface area contributed by atoms with Gasteiger partial charge in [0.05, 0.1) is 6.61 Å². The Morgan fingerprint density at radius 2 is 2.11 bits per heavy atom. The minimum Gasteiger partial charge on any atom is -0.494 e. The molecule has 0 aliphatic carbocycles. The first-order chi connectivity index (χ1) is 9.13. The summed E-state index contributed by atoms with van der Waals surface area (Å²) in [7, 11) is 0. The number of rotatable bonds is 4. The van der Waals surface area contributed by atoms with Gasteiger partial charge in [-0.25, -0.2) is 0 Å². The number of nitrogens with zero attached hydrogens (tertiary/aromatic N) is 1. The molecule has 0 spiro atoms. The number of amides is 1. The van der Waals surface area contributed by atoms with Crippen LogP contribution in [0.3, 0.4) is 0 Å². The SMILES string of the molecule is CCOc1ccc(C(N)C(=O)N2CCCC2)cc1C. The predicted octanol–water partition coefficient (Wildman–Crippen LogP) is 2.02. The largest absolute Gasteiger partial charge is 0.494 e. The van der Waals surface area contributed by atoms with E-state index in [-0.39, 0.29) is 5.91 Å². The number of benzene rings is 1. The molecule has 19 heavy (non-hydrogen) atoms. The third-order valence-corrected chi connectivity index (χ3v) is 3.54. The zero-order valence-electron chi connectivity index (χ0n) is 11.7. The Kier molecular flexibility index (Phi) is 4.43. The highest BCUT2D eigenvalue weighted by Crippen LogP contribution is 2.23. The van der Waals surface area contributed by atoms with Gasteiger partial charge in [0.25, 0.3) is 0 Å². The highest BCUT2D eigenvalue weighted by atomic mass is 16.5. The van der Waals surface area contributed by atoms with E-state index < -0.39 is 6.04 Å². The van der Waals surface area contributed by atoms with E-state index in [9.17, 15) is 4.79 Å². The first-order valence-electron chi connectivity index (χ1n) is 6.91. The monoisotopic (exact) mass is 262 g/mol. The standard InChI is InChI=1S/C15H22N2O2/c1-3-19-13-7-6-12(10-11(13)2)14(16)15(18)17-8-4-5-9-17/h6-7,10,14H,3-5,8-9,16H2,1-2H3. The van der Waals surface area contributed by atoms with E-state index in [2.05, 4.69) is 0 Å². The van der Waals surface area contributed by atoms with Crippen molar-refractivity contribution in [1.82, 2.24) is 4.90 Å². The van der Waals surface area contributed by atoms with Gasteiger partial charge in [0.1, 0.15) is 11.8 Å². The lowest BCUT2D eigenvalue weighted by Gasteiger charge is -2.21. The van der Waals surface area contributed by atoms with E-state index in [0.717, 1.165) is 42.8 Å². The summed E-state index contributed by atoms with van der Waals surface area (Å²) >= 11 is 0. The number of hydrogen-bond acceptors (Lipinski definition) is 3. The molecule has 1 aromatic carbocycles. The van der Waals surface area contributed by atoms with Gasteiger partial charge in [0.2, 0.25) is 5.91 Å². The van der Waals surface area contributed by atoms with Gasteiger partial charge in [-0.2, -0.15) is 0 Å². The summed E-state index contributed by atoms with van der Waals surface area (Å²) < 4.78 is 5.50. The number of carbonyl (C=O) groups is 1. The van der Waals surface area contributed by atoms with Crippen LogP contribution in [0, 0.1) is 6.92 Å². The molecule has 1 aliphatic heterocycles. The normalized spacial score (nSPS) is 16.5. The Bertz CT molecular complexity index is 453. The van der Waals surface area contributed by atoms with Crippen LogP contribution in [0.15, 0.2) is 18.2 Å². The fourth-order valence-electron chi connectivity index (χ4n) is 2.46. The minimum atomic E-state index is -0.563. The van der Waals surface area contributed by atoms with Crippen LogP contribution in [0.1, 0.15) is 36.9 Å². The quantitative estimate of drug-likeness (QED) is 0.903. The van der Waals surface area contributed by atoms with Crippen LogP contribution in [-0.4, -0.2) is 30.5 Å². The number of nitrogens with two attached hydrogens (primary N) is 1. The molecule has 2 rings (SSSR count). The second-order valence-electron chi connectivity index (χ2n) is 4.97. The van der Waals surface area contributed by atoms with E-state index >= 15 is 0 Å². The minimum absolute atomic E-state index is 0.0288. The van der Waals surface area contributed by atoms with Gasteiger partial charge in [0.15, 0.2) is 0 Å². The van der Waals surface area contributed by atoms with Gasteiger partial charge in [-0.05, 0) is 43.9 Å². The van der Waals surface area contributed by atoms with Crippen molar-refractivity contribution in [2.24, 2.45) is 5.73 Å². The van der Waals surface area contributed by atoms with Crippen LogP contribution < -0.4 is 10.5 Å². The Balaban J connectivity index is 2.12. The Morgan fingerprint density at radius 3 is 2.68 bits per heavy atom. The third-order valence-electron chi connectivity index (χ3n) is 3.54. The molecule has 1 fully saturated rings. The molecule has 104 valence electrons. The van der Waals surface area contributed by atoms with Crippen LogP contribution in [0.4, 0.5) is 0 Å². The maximum Gasteiger partial charge on any atom is 0.244 e. The maximum absolute atomic E-state index is 12.2. The van der Waals surface area contributed by atoms with Gasteiger partial charge in [-0.1, -0.05) is 12.1 Å². The number of likely N-dealkylation sites (tertiary alicyclic amines) is 1. The van der Waals surface area contributed by atoms with Crippen molar-refractivity contribution in [2.75, 3.05) is 19.7 Å². The van der Waals surface area contributed by atoms with E-state index in [1.54, 1.807) is 0 Å². The molecule has 0 bridgehead atoms. The lowest BCUT2D eigenvalue weighted by atomic mass is 10.0. The first kappa shape index (κ1) is 13.9.